The minimum absolute atomic E-state index is 0. The summed E-state index contributed by atoms with van der Waals surface area (Å²) in [7, 11) is 0. The molecule has 0 amide bonds. The first-order chi connectivity index (χ1) is 3.15. The fraction of sp³-hybridized carbons (Fsp3) is 0. The summed E-state index contributed by atoms with van der Waals surface area (Å²) in [5.74, 6) is 0. The van der Waals surface area contributed by atoms with Gasteiger partial charge in [0.25, 0.3) is 0 Å². The Hall–Kier alpha value is 1.56. The van der Waals surface area contributed by atoms with Gasteiger partial charge in [-0.15, -0.1) is 5.34 Å². The first-order valence-corrected chi connectivity index (χ1v) is 0.913. The van der Waals surface area contributed by atoms with Gasteiger partial charge in [-0.1, -0.05) is 0 Å². The third kappa shape index (κ3) is 434. The molecular weight excluding hydrogens is 193 g/mol. The van der Waals surface area contributed by atoms with Crippen molar-refractivity contribution in [3.63, 3.8) is 0 Å². The average Bonchev–Trinajstić information content (AvgIpc) is 1.33. The Kier molecular flexibility index (Phi) is 148. The van der Waals surface area contributed by atoms with Crippen LogP contribution in [-0.2, 0) is 0 Å². The van der Waals surface area contributed by atoms with Gasteiger partial charge in [-0.2, -0.15) is 0 Å². The zero-order valence-electron chi connectivity index (χ0n) is 6.38. The summed E-state index contributed by atoms with van der Waals surface area (Å²) in [6.45, 7) is 0. The van der Waals surface area contributed by atoms with Crippen molar-refractivity contribution >= 4 is 0 Å². The molecule has 0 aromatic rings. The van der Waals surface area contributed by atoms with E-state index in [9.17, 15) is 0 Å². The second-order valence-corrected chi connectivity index (χ2v) is 0.298. The zero-order valence-corrected chi connectivity index (χ0v) is 12.4. The molecule has 0 bridgehead atoms. The van der Waals surface area contributed by atoms with Crippen molar-refractivity contribution in [3.8, 4) is 0 Å². The van der Waals surface area contributed by atoms with Crippen molar-refractivity contribution in [3.05, 3.63) is 25.4 Å². The van der Waals surface area contributed by atoms with Crippen LogP contribution in [0.1, 0.15) is 0 Å². The van der Waals surface area contributed by atoms with E-state index in [1.807, 2.05) is 0 Å². The summed E-state index contributed by atoms with van der Waals surface area (Å²) in [5, 5.41) is 23.8. The maximum atomic E-state index is 8.25. The Morgan fingerprint density at radius 3 is 1.09 bits per heavy atom. The average molecular weight is 194 g/mol. The van der Waals surface area contributed by atoms with Crippen molar-refractivity contribution < 1.29 is 99.2 Å². The molecule has 0 radical (unpaired) electrons. The Bertz CT molecular complexity index is 62.8. The Balaban J connectivity index is -0.00000000848. The second-order valence-electron chi connectivity index (χ2n) is 0.298. The first-order valence-electron chi connectivity index (χ1n) is 0.913. The molecule has 11 heavy (non-hydrogen) atoms. The van der Waals surface area contributed by atoms with Crippen molar-refractivity contribution in [2.24, 2.45) is 5.34 Å². The SMILES string of the molecule is O=N[O-].O=[N+]([O-])[O-].[Na+].[Na+].[Na+].[OH-]. The van der Waals surface area contributed by atoms with Gasteiger partial charge in [0.15, 0.2) is 0 Å². The van der Waals surface area contributed by atoms with Crippen LogP contribution in [0.15, 0.2) is 5.34 Å². The third-order valence-electron chi connectivity index (χ3n) is 0. The molecule has 0 rings (SSSR count). The molecule has 0 aromatic heterocycles. The summed E-state index contributed by atoms with van der Waals surface area (Å²) in [4.78, 5) is 16.2. The van der Waals surface area contributed by atoms with Crippen LogP contribution < -0.4 is 88.7 Å². The van der Waals surface area contributed by atoms with Gasteiger partial charge in [0.2, 0.25) is 0 Å². The summed E-state index contributed by atoms with van der Waals surface area (Å²) in [6, 6.07) is 0. The molecule has 0 atom stereocenters. The van der Waals surface area contributed by atoms with Crippen LogP contribution in [0.4, 0.5) is 0 Å². The molecule has 0 aliphatic heterocycles. The summed E-state index contributed by atoms with van der Waals surface area (Å²) >= 11 is 0. The van der Waals surface area contributed by atoms with Gasteiger partial charge in [0.1, 0.15) is 0 Å². The van der Waals surface area contributed by atoms with E-state index in [0.717, 1.165) is 5.34 Å². The molecule has 0 spiro atoms. The standard InChI is InChI=1S/NO3.HNO2.3Na.H2O/c2-1(3)4;2-1-3;;;;/h;(H,2,3);;;;1H2/q-1;;3*+1;/p-2. The molecule has 8 nitrogen and oxygen atoms in total. The van der Waals surface area contributed by atoms with Crippen LogP contribution in [-0.4, -0.2) is 10.6 Å². The van der Waals surface area contributed by atoms with Crippen molar-refractivity contribution in [1.29, 1.82) is 0 Å². The fourth-order valence-corrected chi connectivity index (χ4v) is 0. The zero-order chi connectivity index (χ0) is 6.28. The smallest absolute Gasteiger partial charge is 0.870 e. The molecule has 0 aliphatic rings. The van der Waals surface area contributed by atoms with Gasteiger partial charge in [-0.3, -0.25) is 0 Å². The Morgan fingerprint density at radius 2 is 1.09 bits per heavy atom. The number of rotatable bonds is 0. The van der Waals surface area contributed by atoms with E-state index < -0.39 is 5.09 Å². The van der Waals surface area contributed by atoms with E-state index in [1.165, 1.54) is 0 Å². The number of hydrogen-bond acceptors (Lipinski definition) is 7. The van der Waals surface area contributed by atoms with E-state index in [0.29, 0.717) is 0 Å². The van der Waals surface area contributed by atoms with Gasteiger partial charge in [0, 0.05) is 0 Å². The predicted molar refractivity (Wildman–Crippen MR) is 21.5 cm³/mol. The Labute approximate surface area is 128 Å². The molecule has 0 aromatic carbocycles. The van der Waals surface area contributed by atoms with E-state index in [4.69, 9.17) is 25.4 Å². The van der Waals surface area contributed by atoms with Crippen LogP contribution in [0.25, 0.3) is 0 Å². The van der Waals surface area contributed by atoms with Crippen LogP contribution in [0.2, 0.25) is 0 Å². The molecule has 0 saturated heterocycles. The number of nitrogens with zero attached hydrogens (tertiary/aromatic N) is 2. The quantitative estimate of drug-likeness (QED) is 0.162. The normalized spacial score (nSPS) is 3.27. The largest absolute Gasteiger partial charge is 1.00 e. The molecule has 0 aliphatic carbocycles. The summed E-state index contributed by atoms with van der Waals surface area (Å²) < 4.78 is 0. The molecule has 0 heterocycles. The predicted octanol–water partition coefficient (Wildman–Crippen LogP) is -9.15. The molecule has 0 fully saturated rings. The van der Waals surface area contributed by atoms with E-state index >= 15 is 0 Å². The minimum atomic E-state index is -1.75. The van der Waals surface area contributed by atoms with Gasteiger partial charge in [-0.05, 0) is 0 Å². The van der Waals surface area contributed by atoms with Crippen molar-refractivity contribution in [2.75, 3.05) is 0 Å². The summed E-state index contributed by atoms with van der Waals surface area (Å²) in [5.41, 5.74) is 0. The minimum Gasteiger partial charge on any atom is -0.870 e. The maximum Gasteiger partial charge on any atom is 1.00 e. The topological polar surface area (TPSA) is 149 Å². The van der Waals surface area contributed by atoms with Crippen molar-refractivity contribution in [1.82, 2.24) is 0 Å². The fourth-order valence-electron chi connectivity index (χ4n) is 0. The van der Waals surface area contributed by atoms with E-state index in [-0.39, 0.29) is 94.1 Å². The molecule has 1 N–H and O–H groups in total. The van der Waals surface area contributed by atoms with Gasteiger partial charge in [-0.25, -0.2) is 0 Å². The maximum absolute atomic E-state index is 8.25. The van der Waals surface area contributed by atoms with Crippen LogP contribution in [0, 0.1) is 25.4 Å². The van der Waals surface area contributed by atoms with Crippen LogP contribution in [0.3, 0.4) is 0 Å². The third-order valence-corrected chi connectivity index (χ3v) is 0. The van der Waals surface area contributed by atoms with Gasteiger partial charge < -0.3 is 30.9 Å². The molecule has 0 saturated carbocycles. The van der Waals surface area contributed by atoms with Crippen LogP contribution >= 0.6 is 0 Å². The molecule has 50 valence electrons. The monoisotopic (exact) mass is 194 g/mol. The Morgan fingerprint density at radius 1 is 1.09 bits per heavy atom. The molecule has 11 heteroatoms. The van der Waals surface area contributed by atoms with E-state index in [1.54, 1.807) is 0 Å². The van der Waals surface area contributed by atoms with Gasteiger partial charge in [0.05, 0.1) is 5.09 Å². The first kappa shape index (κ1) is 39.0. The molecular formula is HN2Na3O6. The van der Waals surface area contributed by atoms with Gasteiger partial charge >= 0.3 is 88.7 Å². The second kappa shape index (κ2) is 41.7. The van der Waals surface area contributed by atoms with Crippen molar-refractivity contribution in [2.45, 2.75) is 0 Å². The summed E-state index contributed by atoms with van der Waals surface area (Å²) in [6.07, 6.45) is 0. The molecule has 0 unspecified atom stereocenters. The van der Waals surface area contributed by atoms with Crippen LogP contribution in [0.5, 0.6) is 0 Å². The number of hydrogen-bond donors (Lipinski definition) is 0. The van der Waals surface area contributed by atoms with E-state index in [2.05, 4.69) is 0 Å².